The molecule has 1 fully saturated rings. The molecule has 0 aromatic rings. The summed E-state index contributed by atoms with van der Waals surface area (Å²) in [4.78, 5) is 11.7. The number of fused-ring (bicyclic) bond motifs is 1. The summed E-state index contributed by atoms with van der Waals surface area (Å²) >= 11 is 0. The molecule has 4 heteroatoms. The number of aliphatic hydroxyl groups excluding tert-OH is 1. The van der Waals surface area contributed by atoms with E-state index in [9.17, 15) is 9.90 Å². The van der Waals surface area contributed by atoms with Crippen molar-refractivity contribution in [3.8, 4) is 0 Å². The summed E-state index contributed by atoms with van der Waals surface area (Å²) in [5.74, 6) is 1.71. The predicted molar refractivity (Wildman–Crippen MR) is 111 cm³/mol. The van der Waals surface area contributed by atoms with Gasteiger partial charge in [0.1, 0.15) is 6.10 Å². The number of carbonyl (C=O) groups is 1. The molecule has 1 aliphatic heterocycles. The van der Waals surface area contributed by atoms with Crippen molar-refractivity contribution in [2.45, 2.75) is 90.4 Å². The molecule has 0 aromatic carbocycles. The van der Waals surface area contributed by atoms with Crippen molar-refractivity contribution in [2.24, 2.45) is 23.7 Å². The lowest BCUT2D eigenvalue weighted by Gasteiger charge is -2.44. The Kier molecular flexibility index (Phi) is 7.76. The fraction of sp³-hybridized carbons (Fsp3) is 0.792. The smallest absolute Gasteiger partial charge is 0.308 e. The first-order valence-electron chi connectivity index (χ1n) is 11.4. The maximum absolute atomic E-state index is 11.7. The fourth-order valence-corrected chi connectivity index (χ4v) is 5.27. The van der Waals surface area contributed by atoms with Crippen LogP contribution in [-0.2, 0) is 14.3 Å². The minimum Gasteiger partial charge on any atom is -0.462 e. The number of aliphatic hydroxyl groups is 1. The van der Waals surface area contributed by atoms with Crippen molar-refractivity contribution >= 4 is 5.97 Å². The molecule has 1 N–H and O–H groups in total. The second-order valence-electron chi connectivity index (χ2n) is 9.19. The standard InChI is InChI=1S/C24H38O4/c1-4-5-6-11-27-22-13-16(2)12-18-8-7-17(3)21(24(18)22)10-9-20-14-19(25)15-23(26)28-20/h7-8,12,16-17,19-22,24-25H,4-6,9-11,13-15H2,1-3H3/t16-,17+,19-,20-,21+,22+,24+/m1/s1. The molecule has 1 heterocycles. The van der Waals surface area contributed by atoms with Crippen LogP contribution in [-0.4, -0.2) is 36.0 Å². The second kappa shape index (κ2) is 10.1. The second-order valence-corrected chi connectivity index (χ2v) is 9.19. The number of rotatable bonds is 8. The van der Waals surface area contributed by atoms with E-state index in [1.165, 1.54) is 18.4 Å². The molecule has 28 heavy (non-hydrogen) atoms. The number of ether oxygens (including phenoxy) is 2. The molecule has 0 amide bonds. The summed E-state index contributed by atoms with van der Waals surface area (Å²) in [6.07, 6.45) is 13.9. The lowest BCUT2D eigenvalue weighted by molar-refractivity contribution is -0.160. The van der Waals surface area contributed by atoms with Crippen molar-refractivity contribution in [2.75, 3.05) is 6.61 Å². The lowest BCUT2D eigenvalue weighted by atomic mass is 9.65. The number of hydrogen-bond acceptors (Lipinski definition) is 4. The number of allylic oxidation sites excluding steroid dienone is 3. The van der Waals surface area contributed by atoms with Gasteiger partial charge in [-0.3, -0.25) is 4.79 Å². The van der Waals surface area contributed by atoms with Gasteiger partial charge in [0.05, 0.1) is 18.6 Å². The Balaban J connectivity index is 1.66. The van der Waals surface area contributed by atoms with Gasteiger partial charge in [-0.05, 0) is 49.0 Å². The first-order chi connectivity index (χ1) is 13.5. The summed E-state index contributed by atoms with van der Waals surface area (Å²) in [5, 5.41) is 9.90. The van der Waals surface area contributed by atoms with Crippen molar-refractivity contribution in [1.82, 2.24) is 0 Å². The van der Waals surface area contributed by atoms with Gasteiger partial charge in [-0.15, -0.1) is 0 Å². The van der Waals surface area contributed by atoms with Gasteiger partial charge in [0.2, 0.25) is 0 Å². The molecule has 3 rings (SSSR count). The highest BCUT2D eigenvalue weighted by atomic mass is 16.5. The molecule has 1 saturated heterocycles. The zero-order valence-electron chi connectivity index (χ0n) is 17.8. The molecule has 0 bridgehead atoms. The Bertz CT molecular complexity index is 581. The molecule has 2 aliphatic carbocycles. The largest absolute Gasteiger partial charge is 0.462 e. The van der Waals surface area contributed by atoms with Crippen molar-refractivity contribution < 1.29 is 19.4 Å². The predicted octanol–water partition coefficient (Wildman–Crippen LogP) is 4.81. The average Bonchev–Trinajstić information content (AvgIpc) is 2.63. The summed E-state index contributed by atoms with van der Waals surface area (Å²) in [5.41, 5.74) is 1.43. The van der Waals surface area contributed by atoms with Crippen LogP contribution in [0.4, 0.5) is 0 Å². The van der Waals surface area contributed by atoms with E-state index in [-0.39, 0.29) is 24.6 Å². The molecule has 0 spiro atoms. The van der Waals surface area contributed by atoms with Crippen molar-refractivity contribution in [3.05, 3.63) is 23.8 Å². The number of esters is 1. The van der Waals surface area contributed by atoms with Gasteiger partial charge >= 0.3 is 5.97 Å². The molecule has 7 atom stereocenters. The van der Waals surface area contributed by atoms with Gasteiger partial charge in [0.15, 0.2) is 0 Å². The summed E-state index contributed by atoms with van der Waals surface area (Å²) in [7, 11) is 0. The maximum Gasteiger partial charge on any atom is 0.308 e. The first kappa shape index (κ1) is 21.6. The molecule has 3 aliphatic rings. The number of unbranched alkanes of at least 4 members (excludes halogenated alkanes) is 2. The molecular weight excluding hydrogens is 352 g/mol. The van der Waals surface area contributed by atoms with Crippen LogP contribution < -0.4 is 0 Å². The Morgan fingerprint density at radius 2 is 2.04 bits per heavy atom. The third kappa shape index (κ3) is 5.48. The third-order valence-corrected chi connectivity index (χ3v) is 6.73. The van der Waals surface area contributed by atoms with Gasteiger partial charge < -0.3 is 14.6 Å². The molecule has 0 unspecified atom stereocenters. The zero-order chi connectivity index (χ0) is 20.1. The van der Waals surface area contributed by atoms with Crippen LogP contribution in [0, 0.1) is 23.7 Å². The van der Waals surface area contributed by atoms with Crippen LogP contribution in [0.25, 0.3) is 0 Å². The molecule has 158 valence electrons. The molecular formula is C24H38O4. The highest BCUT2D eigenvalue weighted by Crippen LogP contribution is 2.45. The van der Waals surface area contributed by atoms with Gasteiger partial charge in [0.25, 0.3) is 0 Å². The van der Waals surface area contributed by atoms with Gasteiger partial charge in [-0.25, -0.2) is 0 Å². The molecule has 0 radical (unpaired) electrons. The van der Waals surface area contributed by atoms with Crippen molar-refractivity contribution in [1.29, 1.82) is 0 Å². The highest BCUT2D eigenvalue weighted by Gasteiger charge is 2.40. The van der Waals surface area contributed by atoms with Gasteiger partial charge in [-0.1, -0.05) is 51.8 Å². The minimum absolute atomic E-state index is 0.139. The number of hydrogen-bond donors (Lipinski definition) is 1. The minimum atomic E-state index is -0.546. The van der Waals surface area contributed by atoms with Crippen molar-refractivity contribution in [3.63, 3.8) is 0 Å². The Morgan fingerprint density at radius 1 is 1.21 bits per heavy atom. The van der Waals surface area contributed by atoms with Crippen LogP contribution in [0.15, 0.2) is 23.8 Å². The Hall–Kier alpha value is -1.13. The van der Waals surface area contributed by atoms with E-state index in [1.807, 2.05) is 0 Å². The molecule has 0 saturated carbocycles. The van der Waals surface area contributed by atoms with E-state index in [2.05, 4.69) is 39.0 Å². The lowest BCUT2D eigenvalue weighted by Crippen LogP contribution is -2.41. The van der Waals surface area contributed by atoms with E-state index in [4.69, 9.17) is 9.47 Å². The van der Waals surface area contributed by atoms with E-state index >= 15 is 0 Å². The van der Waals surface area contributed by atoms with E-state index in [1.54, 1.807) is 0 Å². The van der Waals surface area contributed by atoms with E-state index in [0.29, 0.717) is 30.1 Å². The molecule has 4 nitrogen and oxygen atoms in total. The van der Waals surface area contributed by atoms with Crippen LogP contribution >= 0.6 is 0 Å². The number of cyclic esters (lactones) is 1. The Labute approximate surface area is 170 Å². The fourth-order valence-electron chi connectivity index (χ4n) is 5.27. The average molecular weight is 391 g/mol. The van der Waals surface area contributed by atoms with Crippen LogP contribution in [0.1, 0.15) is 72.1 Å². The van der Waals surface area contributed by atoms with Crippen LogP contribution in [0.3, 0.4) is 0 Å². The quantitative estimate of drug-likeness (QED) is 0.477. The summed E-state index contributed by atoms with van der Waals surface area (Å²) in [6.45, 7) is 7.66. The molecule has 0 aromatic heterocycles. The van der Waals surface area contributed by atoms with Crippen LogP contribution in [0.5, 0.6) is 0 Å². The monoisotopic (exact) mass is 390 g/mol. The third-order valence-electron chi connectivity index (χ3n) is 6.73. The van der Waals surface area contributed by atoms with E-state index in [0.717, 1.165) is 32.3 Å². The SMILES string of the molecule is CCCCCO[C@H]1C[C@H](C)C=C2C=C[C@H](C)[C@H](CC[C@@H]3C[C@@H](O)CC(=O)O3)[C@H]21. The van der Waals surface area contributed by atoms with E-state index < -0.39 is 6.10 Å². The number of carbonyl (C=O) groups excluding carboxylic acids is 1. The van der Waals surface area contributed by atoms with Crippen LogP contribution in [0.2, 0.25) is 0 Å². The first-order valence-corrected chi connectivity index (χ1v) is 11.4. The Morgan fingerprint density at radius 3 is 2.79 bits per heavy atom. The highest BCUT2D eigenvalue weighted by molar-refractivity contribution is 5.70. The maximum atomic E-state index is 11.7. The topological polar surface area (TPSA) is 55.8 Å². The van der Waals surface area contributed by atoms with Gasteiger partial charge in [-0.2, -0.15) is 0 Å². The summed E-state index contributed by atoms with van der Waals surface area (Å²) in [6, 6.07) is 0. The van der Waals surface area contributed by atoms with Gasteiger partial charge in [0, 0.05) is 18.9 Å². The normalized spacial score (nSPS) is 37.9. The zero-order valence-corrected chi connectivity index (χ0v) is 17.8. The summed E-state index contributed by atoms with van der Waals surface area (Å²) < 4.78 is 11.9.